The van der Waals surface area contributed by atoms with Gasteiger partial charge in [0, 0.05) is 16.8 Å². The second-order valence-electron chi connectivity index (χ2n) is 6.20. The van der Waals surface area contributed by atoms with Crippen molar-refractivity contribution in [2.24, 2.45) is 0 Å². The molecule has 0 aliphatic heterocycles. The van der Waals surface area contributed by atoms with Gasteiger partial charge in [0.05, 0.1) is 15.6 Å². The molecule has 0 saturated heterocycles. The van der Waals surface area contributed by atoms with Crippen LogP contribution in [0.15, 0.2) is 53.9 Å². The van der Waals surface area contributed by atoms with Crippen molar-refractivity contribution in [3.05, 3.63) is 75.6 Å². The van der Waals surface area contributed by atoms with Gasteiger partial charge in [-0.15, -0.1) is 11.3 Å². The normalized spacial score (nSPS) is 10.6. The molecule has 3 aromatic rings. The Morgan fingerprint density at radius 1 is 1.22 bits per heavy atom. The fourth-order valence-corrected chi connectivity index (χ4v) is 4.15. The number of anilines is 1. The number of nitrogens with one attached hydrogen (secondary N) is 1. The minimum atomic E-state index is -0.981. The maximum atomic E-state index is 11.8. The van der Waals surface area contributed by atoms with Crippen LogP contribution in [0.3, 0.4) is 0 Å². The van der Waals surface area contributed by atoms with Gasteiger partial charge in [-0.2, -0.15) is 0 Å². The highest BCUT2D eigenvalue weighted by Crippen LogP contribution is 2.36. The first kappa shape index (κ1) is 19.5. The van der Waals surface area contributed by atoms with Crippen molar-refractivity contribution < 1.29 is 9.90 Å². The molecule has 6 heteroatoms. The SMILES string of the molecule is Cc1cccc(CCC(=S)Nc2csc(-c3ccc(Cl)cc3)c2C(=O)O)c1. The number of hydrogen-bond acceptors (Lipinski definition) is 3. The molecule has 0 spiro atoms. The third kappa shape index (κ3) is 4.95. The Kier molecular flexibility index (Phi) is 6.26. The number of thiophene rings is 1. The van der Waals surface area contributed by atoms with Crippen LogP contribution in [0.25, 0.3) is 10.4 Å². The summed E-state index contributed by atoms with van der Waals surface area (Å²) in [6.45, 7) is 2.06. The lowest BCUT2D eigenvalue weighted by Crippen LogP contribution is -2.12. The smallest absolute Gasteiger partial charge is 0.339 e. The summed E-state index contributed by atoms with van der Waals surface area (Å²) in [5, 5.41) is 15.2. The predicted octanol–water partition coefficient (Wildman–Crippen LogP) is 6.45. The van der Waals surface area contributed by atoms with Gasteiger partial charge in [-0.3, -0.25) is 0 Å². The molecular weight excluding hydrogens is 398 g/mol. The first-order valence-electron chi connectivity index (χ1n) is 8.40. The van der Waals surface area contributed by atoms with E-state index in [2.05, 4.69) is 30.4 Å². The Balaban J connectivity index is 1.75. The zero-order valence-corrected chi connectivity index (χ0v) is 17.0. The predicted molar refractivity (Wildman–Crippen MR) is 117 cm³/mol. The van der Waals surface area contributed by atoms with Crippen molar-refractivity contribution in [1.82, 2.24) is 0 Å². The van der Waals surface area contributed by atoms with E-state index in [1.54, 1.807) is 17.5 Å². The van der Waals surface area contributed by atoms with Crippen molar-refractivity contribution in [2.75, 3.05) is 5.32 Å². The highest BCUT2D eigenvalue weighted by molar-refractivity contribution is 7.80. The van der Waals surface area contributed by atoms with Gasteiger partial charge >= 0.3 is 5.97 Å². The largest absolute Gasteiger partial charge is 0.478 e. The summed E-state index contributed by atoms with van der Waals surface area (Å²) in [5.74, 6) is -0.981. The minimum Gasteiger partial charge on any atom is -0.478 e. The van der Waals surface area contributed by atoms with E-state index in [-0.39, 0.29) is 5.56 Å². The summed E-state index contributed by atoms with van der Waals surface area (Å²) in [7, 11) is 0. The molecule has 3 nitrogen and oxygen atoms in total. The average molecular weight is 416 g/mol. The number of halogens is 1. The molecule has 27 heavy (non-hydrogen) atoms. The number of benzene rings is 2. The van der Waals surface area contributed by atoms with Crippen LogP contribution >= 0.6 is 35.2 Å². The van der Waals surface area contributed by atoms with Crippen LogP contribution in [0.1, 0.15) is 27.9 Å². The molecule has 0 bridgehead atoms. The number of thiocarbonyl (C=S) groups is 1. The van der Waals surface area contributed by atoms with Gasteiger partial charge in [-0.05, 0) is 36.6 Å². The second kappa shape index (κ2) is 8.65. The first-order chi connectivity index (χ1) is 12.9. The van der Waals surface area contributed by atoms with E-state index in [0.29, 0.717) is 27.0 Å². The number of aromatic carboxylic acids is 1. The lowest BCUT2D eigenvalue weighted by Gasteiger charge is -2.09. The standard InChI is InChI=1S/C21H18ClNO2S2/c1-13-3-2-4-14(11-13)5-10-18(26)23-17-12-27-20(19(17)21(24)25)15-6-8-16(22)9-7-15/h2-4,6-9,11-12H,5,10H2,1H3,(H,23,26)(H,24,25). The monoisotopic (exact) mass is 415 g/mol. The van der Waals surface area contributed by atoms with Gasteiger partial charge in [0.15, 0.2) is 0 Å². The van der Waals surface area contributed by atoms with Crippen LogP contribution in [-0.4, -0.2) is 16.1 Å². The summed E-state index contributed by atoms with van der Waals surface area (Å²) in [5.41, 5.74) is 4.02. The van der Waals surface area contributed by atoms with Crippen molar-refractivity contribution in [3.63, 3.8) is 0 Å². The fraction of sp³-hybridized carbons (Fsp3) is 0.143. The molecule has 0 radical (unpaired) electrons. The summed E-state index contributed by atoms with van der Waals surface area (Å²) in [4.78, 5) is 13.1. The van der Waals surface area contributed by atoms with Crippen molar-refractivity contribution in [1.29, 1.82) is 0 Å². The highest BCUT2D eigenvalue weighted by Gasteiger charge is 2.20. The number of carboxylic acid groups (broad SMARTS) is 1. The Bertz CT molecular complexity index is 980. The number of carbonyl (C=O) groups is 1. The molecular formula is C21H18ClNO2S2. The highest BCUT2D eigenvalue weighted by atomic mass is 35.5. The van der Waals surface area contributed by atoms with Crippen LogP contribution in [0.5, 0.6) is 0 Å². The molecule has 0 aliphatic rings. The molecule has 0 fully saturated rings. The van der Waals surface area contributed by atoms with E-state index in [9.17, 15) is 9.90 Å². The molecule has 2 N–H and O–H groups in total. The molecule has 0 atom stereocenters. The van der Waals surface area contributed by atoms with Crippen LogP contribution in [0.4, 0.5) is 5.69 Å². The van der Waals surface area contributed by atoms with Crippen molar-refractivity contribution >= 4 is 51.8 Å². The average Bonchev–Trinajstić information content (AvgIpc) is 3.04. The van der Waals surface area contributed by atoms with Gasteiger partial charge in [-0.1, -0.05) is 65.8 Å². The van der Waals surface area contributed by atoms with Gasteiger partial charge in [0.1, 0.15) is 5.56 Å². The Morgan fingerprint density at radius 2 is 1.96 bits per heavy atom. The minimum absolute atomic E-state index is 0.236. The molecule has 1 heterocycles. The number of carboxylic acids is 1. The third-order valence-corrected chi connectivity index (χ3v) is 5.70. The van der Waals surface area contributed by atoms with Crippen molar-refractivity contribution in [3.8, 4) is 10.4 Å². The maximum Gasteiger partial charge on any atom is 0.339 e. The van der Waals surface area contributed by atoms with E-state index in [1.165, 1.54) is 22.5 Å². The van der Waals surface area contributed by atoms with Crippen LogP contribution < -0.4 is 5.32 Å². The quantitative estimate of drug-likeness (QED) is 0.454. The third-order valence-electron chi connectivity index (χ3n) is 4.11. The van der Waals surface area contributed by atoms with Gasteiger partial charge in [0.25, 0.3) is 0 Å². The van der Waals surface area contributed by atoms with Crippen molar-refractivity contribution in [2.45, 2.75) is 19.8 Å². The summed E-state index contributed by atoms with van der Waals surface area (Å²) >= 11 is 12.7. The Labute approximate surface area is 172 Å². The lowest BCUT2D eigenvalue weighted by atomic mass is 10.1. The zero-order chi connectivity index (χ0) is 19.4. The lowest BCUT2D eigenvalue weighted by molar-refractivity contribution is 0.0699. The van der Waals surface area contributed by atoms with Crippen LogP contribution in [-0.2, 0) is 6.42 Å². The van der Waals surface area contributed by atoms with Crippen LogP contribution in [0.2, 0.25) is 5.02 Å². The number of rotatable bonds is 6. The molecule has 0 amide bonds. The van der Waals surface area contributed by atoms with Gasteiger partial charge < -0.3 is 10.4 Å². The van der Waals surface area contributed by atoms with Crippen LogP contribution in [0, 0.1) is 6.92 Å². The number of hydrogen-bond donors (Lipinski definition) is 2. The molecule has 1 aromatic heterocycles. The number of aryl methyl sites for hydroxylation is 2. The maximum absolute atomic E-state index is 11.8. The summed E-state index contributed by atoms with van der Waals surface area (Å²) in [6, 6.07) is 15.4. The van der Waals surface area contributed by atoms with E-state index < -0.39 is 5.97 Å². The first-order valence-corrected chi connectivity index (χ1v) is 10.1. The van der Waals surface area contributed by atoms with Gasteiger partial charge in [0.2, 0.25) is 0 Å². The van der Waals surface area contributed by atoms with Gasteiger partial charge in [-0.25, -0.2) is 4.79 Å². The van der Waals surface area contributed by atoms with E-state index in [4.69, 9.17) is 23.8 Å². The summed E-state index contributed by atoms with van der Waals surface area (Å²) in [6.07, 6.45) is 1.47. The molecule has 0 aliphatic carbocycles. The van der Waals surface area contributed by atoms with E-state index in [0.717, 1.165) is 12.0 Å². The Hall–Kier alpha value is -2.21. The molecule has 2 aromatic carbocycles. The summed E-state index contributed by atoms with van der Waals surface area (Å²) < 4.78 is 0. The fourth-order valence-electron chi connectivity index (χ4n) is 2.81. The van der Waals surface area contributed by atoms with E-state index >= 15 is 0 Å². The van der Waals surface area contributed by atoms with E-state index in [1.807, 2.05) is 18.2 Å². The zero-order valence-electron chi connectivity index (χ0n) is 14.7. The Morgan fingerprint density at radius 3 is 2.63 bits per heavy atom. The molecule has 3 rings (SSSR count). The topological polar surface area (TPSA) is 49.3 Å². The molecule has 0 unspecified atom stereocenters. The molecule has 0 saturated carbocycles. The molecule has 138 valence electrons. The second-order valence-corrected chi connectivity index (χ2v) is 8.01.